The Labute approximate surface area is 90.4 Å². The Bertz CT molecular complexity index is 541. The topological polar surface area (TPSA) is 81.5 Å². The van der Waals surface area contributed by atoms with Crippen LogP contribution in [-0.2, 0) is 0 Å². The molecule has 0 radical (unpaired) electrons. The lowest BCUT2D eigenvalue weighted by Crippen LogP contribution is -2.06. The van der Waals surface area contributed by atoms with Crippen LogP contribution in [0.2, 0.25) is 0 Å². The normalized spacial score (nSPS) is 10.1. The lowest BCUT2D eigenvalue weighted by molar-refractivity contribution is 0.142. The Morgan fingerprint density at radius 2 is 1.75 bits per heavy atom. The van der Waals surface area contributed by atoms with E-state index in [2.05, 4.69) is 14.9 Å². The first kappa shape index (κ1) is 10.2. The second-order valence-electron chi connectivity index (χ2n) is 2.93. The molecule has 0 saturated heterocycles. The quantitative estimate of drug-likeness (QED) is 0.775. The second kappa shape index (κ2) is 4.01. The van der Waals surface area contributed by atoms with Gasteiger partial charge in [0.2, 0.25) is 5.88 Å². The Balaban J connectivity index is 2.64. The molecule has 2 aromatic rings. The van der Waals surface area contributed by atoms with Crippen LogP contribution < -0.4 is 9.47 Å². The van der Waals surface area contributed by atoms with Crippen LogP contribution >= 0.6 is 0 Å². The molecule has 1 N–H and O–H groups in total. The minimum atomic E-state index is -1.43. The Morgan fingerprint density at radius 3 is 2.31 bits per heavy atom. The number of fused-ring (bicyclic) bond motifs is 1. The van der Waals surface area contributed by atoms with Crippen LogP contribution in [0, 0.1) is 0 Å². The van der Waals surface area contributed by atoms with Gasteiger partial charge in [0.15, 0.2) is 0 Å². The number of nitrogens with zero attached hydrogens (tertiary/aromatic N) is 2. The highest BCUT2D eigenvalue weighted by Crippen LogP contribution is 2.28. The summed E-state index contributed by atoms with van der Waals surface area (Å²) in [5, 5.41) is 17.1. The number of aromatic nitrogens is 2. The van der Waals surface area contributed by atoms with E-state index in [4.69, 9.17) is 9.84 Å². The number of hydrogen-bond donors (Lipinski definition) is 1. The SMILES string of the molecule is COc1nnc(OC(=O)O)c2ccccc12. The molecule has 0 atom stereocenters. The van der Waals surface area contributed by atoms with Gasteiger partial charge in [-0.2, -0.15) is 0 Å². The molecular weight excluding hydrogens is 212 g/mol. The van der Waals surface area contributed by atoms with Crippen LogP contribution in [0.25, 0.3) is 10.8 Å². The van der Waals surface area contributed by atoms with Gasteiger partial charge in [-0.3, -0.25) is 0 Å². The highest BCUT2D eigenvalue weighted by atomic mass is 16.7. The molecular formula is C10H8N2O4. The molecule has 0 saturated carbocycles. The fourth-order valence-corrected chi connectivity index (χ4v) is 1.36. The van der Waals surface area contributed by atoms with E-state index >= 15 is 0 Å². The number of ether oxygens (including phenoxy) is 2. The number of methoxy groups -OCH3 is 1. The summed E-state index contributed by atoms with van der Waals surface area (Å²) in [5.41, 5.74) is 0. The third kappa shape index (κ3) is 1.72. The molecule has 2 rings (SSSR count). The molecule has 6 nitrogen and oxygen atoms in total. The molecule has 82 valence electrons. The smallest absolute Gasteiger partial charge is 0.479 e. The maximum atomic E-state index is 10.4. The van der Waals surface area contributed by atoms with E-state index in [0.29, 0.717) is 16.7 Å². The van der Waals surface area contributed by atoms with Crippen molar-refractivity contribution in [2.45, 2.75) is 0 Å². The van der Waals surface area contributed by atoms with Crippen LogP contribution in [0.3, 0.4) is 0 Å². The van der Waals surface area contributed by atoms with Crippen molar-refractivity contribution >= 4 is 16.9 Å². The van der Waals surface area contributed by atoms with Gasteiger partial charge in [-0.05, 0) is 12.1 Å². The van der Waals surface area contributed by atoms with Crippen LogP contribution in [0.5, 0.6) is 11.8 Å². The summed E-state index contributed by atoms with van der Waals surface area (Å²) in [6.07, 6.45) is -1.43. The first-order chi connectivity index (χ1) is 7.72. The van der Waals surface area contributed by atoms with Gasteiger partial charge in [0, 0.05) is 0 Å². The van der Waals surface area contributed by atoms with Crippen LogP contribution in [0.1, 0.15) is 0 Å². The molecule has 0 aliphatic heterocycles. The standard InChI is InChI=1S/C10H8N2O4/c1-15-8-6-4-2-3-5-7(6)9(12-11-8)16-10(13)14/h2-5H,1H3,(H,13,14). The Kier molecular flexibility index (Phi) is 2.55. The summed E-state index contributed by atoms with van der Waals surface area (Å²) >= 11 is 0. The highest BCUT2D eigenvalue weighted by molar-refractivity contribution is 5.91. The van der Waals surface area contributed by atoms with Crippen LogP contribution in [-0.4, -0.2) is 28.6 Å². The van der Waals surface area contributed by atoms with Gasteiger partial charge in [-0.1, -0.05) is 12.1 Å². The molecule has 0 aliphatic rings. The Hall–Kier alpha value is -2.37. The van der Waals surface area contributed by atoms with Crippen molar-refractivity contribution in [2.75, 3.05) is 7.11 Å². The average molecular weight is 220 g/mol. The minimum Gasteiger partial charge on any atom is -0.479 e. The maximum absolute atomic E-state index is 10.4. The fraction of sp³-hybridized carbons (Fsp3) is 0.100. The number of benzene rings is 1. The van der Waals surface area contributed by atoms with Gasteiger partial charge in [-0.15, -0.1) is 10.2 Å². The summed E-state index contributed by atoms with van der Waals surface area (Å²) < 4.78 is 9.53. The van der Waals surface area contributed by atoms with Crippen molar-refractivity contribution in [2.24, 2.45) is 0 Å². The highest BCUT2D eigenvalue weighted by Gasteiger charge is 2.12. The minimum absolute atomic E-state index is 0.0519. The molecule has 1 aromatic carbocycles. The summed E-state index contributed by atoms with van der Waals surface area (Å²) in [7, 11) is 1.47. The fourth-order valence-electron chi connectivity index (χ4n) is 1.36. The average Bonchev–Trinajstić information content (AvgIpc) is 2.29. The van der Waals surface area contributed by atoms with Gasteiger partial charge >= 0.3 is 6.16 Å². The van der Waals surface area contributed by atoms with Gasteiger partial charge in [0.1, 0.15) is 0 Å². The zero-order chi connectivity index (χ0) is 11.5. The molecule has 6 heteroatoms. The van der Waals surface area contributed by atoms with Crippen molar-refractivity contribution < 1.29 is 19.4 Å². The third-order valence-electron chi connectivity index (χ3n) is 2.00. The van der Waals surface area contributed by atoms with Crippen molar-refractivity contribution in [1.29, 1.82) is 0 Å². The number of carbonyl (C=O) groups is 1. The zero-order valence-corrected chi connectivity index (χ0v) is 8.38. The van der Waals surface area contributed by atoms with Gasteiger partial charge in [0.25, 0.3) is 5.88 Å². The molecule has 0 fully saturated rings. The molecule has 1 heterocycles. The summed E-state index contributed by atoms with van der Waals surface area (Å²) in [5.74, 6) is 0.275. The summed E-state index contributed by atoms with van der Waals surface area (Å²) in [6, 6.07) is 6.97. The van der Waals surface area contributed by atoms with Crippen molar-refractivity contribution in [1.82, 2.24) is 10.2 Å². The molecule has 0 aliphatic carbocycles. The molecule has 1 aromatic heterocycles. The molecule has 16 heavy (non-hydrogen) atoms. The first-order valence-electron chi connectivity index (χ1n) is 4.42. The zero-order valence-electron chi connectivity index (χ0n) is 8.38. The third-order valence-corrected chi connectivity index (χ3v) is 2.00. The van der Waals surface area contributed by atoms with Crippen molar-refractivity contribution in [3.63, 3.8) is 0 Å². The summed E-state index contributed by atoms with van der Waals surface area (Å²) in [4.78, 5) is 10.4. The number of hydrogen-bond acceptors (Lipinski definition) is 5. The lowest BCUT2D eigenvalue weighted by Gasteiger charge is -2.06. The van der Waals surface area contributed by atoms with E-state index in [-0.39, 0.29) is 5.88 Å². The van der Waals surface area contributed by atoms with E-state index < -0.39 is 6.16 Å². The second-order valence-corrected chi connectivity index (χ2v) is 2.93. The Morgan fingerprint density at radius 1 is 1.19 bits per heavy atom. The van der Waals surface area contributed by atoms with E-state index in [9.17, 15) is 4.79 Å². The van der Waals surface area contributed by atoms with E-state index in [1.807, 2.05) is 0 Å². The monoisotopic (exact) mass is 220 g/mol. The van der Waals surface area contributed by atoms with Gasteiger partial charge in [-0.25, -0.2) is 4.79 Å². The van der Waals surface area contributed by atoms with Crippen LogP contribution in [0.15, 0.2) is 24.3 Å². The molecule has 0 amide bonds. The largest absolute Gasteiger partial charge is 0.512 e. The van der Waals surface area contributed by atoms with E-state index in [1.54, 1.807) is 24.3 Å². The maximum Gasteiger partial charge on any atom is 0.512 e. The molecule has 0 bridgehead atoms. The predicted molar refractivity (Wildman–Crippen MR) is 54.7 cm³/mol. The van der Waals surface area contributed by atoms with E-state index in [0.717, 1.165) is 0 Å². The van der Waals surface area contributed by atoms with E-state index in [1.165, 1.54) is 7.11 Å². The predicted octanol–water partition coefficient (Wildman–Crippen LogP) is 1.70. The number of carboxylic acid groups (broad SMARTS) is 1. The molecule has 0 unspecified atom stereocenters. The van der Waals surface area contributed by atoms with Crippen molar-refractivity contribution in [3.05, 3.63) is 24.3 Å². The molecule has 0 spiro atoms. The summed E-state index contributed by atoms with van der Waals surface area (Å²) in [6.45, 7) is 0. The lowest BCUT2D eigenvalue weighted by atomic mass is 10.2. The number of rotatable bonds is 2. The van der Waals surface area contributed by atoms with Crippen molar-refractivity contribution in [3.8, 4) is 11.8 Å². The van der Waals surface area contributed by atoms with Crippen LogP contribution in [0.4, 0.5) is 4.79 Å². The van der Waals surface area contributed by atoms with Gasteiger partial charge < -0.3 is 14.6 Å². The van der Waals surface area contributed by atoms with Gasteiger partial charge in [0.05, 0.1) is 17.9 Å². The first-order valence-corrected chi connectivity index (χ1v) is 4.42.